The first-order valence-corrected chi connectivity index (χ1v) is 11.7. The van der Waals surface area contributed by atoms with Crippen molar-refractivity contribution in [2.45, 2.75) is 6.04 Å². The Hall–Kier alpha value is -3.76. The van der Waals surface area contributed by atoms with Crippen LogP contribution in [0.1, 0.15) is 17.2 Å². The number of methoxy groups -OCH3 is 2. The number of fused-ring (bicyclic) bond motifs is 1. The molecule has 36 heavy (non-hydrogen) atoms. The molecule has 5 rings (SSSR count). The van der Waals surface area contributed by atoms with E-state index in [1.165, 1.54) is 19.1 Å². The molecule has 1 unspecified atom stereocenters. The Morgan fingerprint density at radius 3 is 2.61 bits per heavy atom. The van der Waals surface area contributed by atoms with Crippen molar-refractivity contribution < 1.29 is 38.4 Å². The number of ketones is 1. The molecule has 0 aliphatic carbocycles. The number of carbonyl (C=O) groups is 2. The molecule has 1 amide bonds. The maximum absolute atomic E-state index is 13.3. The molecular weight excluding hydrogens is 468 g/mol. The first-order valence-electron chi connectivity index (χ1n) is 11.7. The summed E-state index contributed by atoms with van der Waals surface area (Å²) in [6.07, 6.45) is 0. The van der Waals surface area contributed by atoms with E-state index >= 15 is 0 Å². The Morgan fingerprint density at radius 2 is 1.86 bits per heavy atom. The number of rotatable bonds is 7. The summed E-state index contributed by atoms with van der Waals surface area (Å²) in [6.45, 7) is 3.63. The fraction of sp³-hybridized carbons (Fsp3) is 0.385. The number of Topliss-reactive ketones (excluding diaryl/α,β-unsaturated/α-hetero) is 1. The van der Waals surface area contributed by atoms with Gasteiger partial charge >= 0.3 is 0 Å². The number of hydrogen-bond donors (Lipinski definition) is 1. The van der Waals surface area contributed by atoms with Crippen LogP contribution in [-0.2, 0) is 14.3 Å². The van der Waals surface area contributed by atoms with Gasteiger partial charge in [0.25, 0.3) is 11.7 Å². The van der Waals surface area contributed by atoms with Gasteiger partial charge in [-0.2, -0.15) is 0 Å². The van der Waals surface area contributed by atoms with E-state index in [4.69, 9.17) is 23.7 Å². The summed E-state index contributed by atoms with van der Waals surface area (Å²) in [4.78, 5) is 30.3. The van der Waals surface area contributed by atoms with Crippen molar-refractivity contribution in [3.8, 4) is 23.0 Å². The predicted molar refractivity (Wildman–Crippen MR) is 128 cm³/mol. The maximum Gasteiger partial charge on any atom is 0.295 e. The highest BCUT2D eigenvalue weighted by atomic mass is 16.7. The molecule has 3 heterocycles. The molecule has 0 radical (unpaired) electrons. The lowest BCUT2D eigenvalue weighted by molar-refractivity contribution is -0.140. The molecule has 2 fully saturated rings. The molecule has 3 aliphatic heterocycles. The molecule has 2 aromatic carbocycles. The Balaban J connectivity index is 1.60. The number of benzene rings is 2. The Labute approximate surface area is 208 Å². The van der Waals surface area contributed by atoms with Gasteiger partial charge < -0.3 is 33.7 Å². The van der Waals surface area contributed by atoms with Crippen LogP contribution >= 0.6 is 0 Å². The van der Waals surface area contributed by atoms with Gasteiger partial charge in [0.1, 0.15) is 11.5 Å². The van der Waals surface area contributed by atoms with E-state index in [0.717, 1.165) is 13.1 Å². The number of carbonyl (C=O) groups excluding carboxylic acids is 2. The van der Waals surface area contributed by atoms with Crippen molar-refractivity contribution in [2.24, 2.45) is 0 Å². The molecule has 190 valence electrons. The van der Waals surface area contributed by atoms with Crippen LogP contribution in [0.2, 0.25) is 0 Å². The Morgan fingerprint density at radius 1 is 1.06 bits per heavy atom. The third-order valence-corrected chi connectivity index (χ3v) is 6.64. The molecule has 2 aromatic rings. The van der Waals surface area contributed by atoms with Crippen molar-refractivity contribution in [3.63, 3.8) is 0 Å². The zero-order valence-corrected chi connectivity index (χ0v) is 20.2. The number of aliphatic hydroxyl groups is 1. The van der Waals surface area contributed by atoms with Crippen molar-refractivity contribution in [1.29, 1.82) is 0 Å². The summed E-state index contributed by atoms with van der Waals surface area (Å²) < 4.78 is 27.3. The number of morpholine rings is 1. The molecular formula is C26H28N2O8. The van der Waals surface area contributed by atoms with E-state index in [9.17, 15) is 14.7 Å². The molecule has 0 saturated carbocycles. The Bertz CT molecular complexity index is 1200. The molecule has 2 saturated heterocycles. The normalized spacial score (nSPS) is 21.2. The average molecular weight is 497 g/mol. The van der Waals surface area contributed by atoms with Gasteiger partial charge in [-0.25, -0.2) is 0 Å². The van der Waals surface area contributed by atoms with Crippen molar-refractivity contribution >= 4 is 17.4 Å². The smallest absolute Gasteiger partial charge is 0.295 e. The van der Waals surface area contributed by atoms with Gasteiger partial charge in [-0.15, -0.1) is 0 Å². The molecule has 3 aliphatic rings. The monoisotopic (exact) mass is 496 g/mol. The molecule has 0 bridgehead atoms. The number of aliphatic hydroxyl groups excluding tert-OH is 1. The van der Waals surface area contributed by atoms with Gasteiger partial charge in [-0.1, -0.05) is 12.1 Å². The molecule has 1 atom stereocenters. The van der Waals surface area contributed by atoms with Crippen molar-refractivity contribution in [3.05, 3.63) is 53.1 Å². The van der Waals surface area contributed by atoms with Gasteiger partial charge in [-0.3, -0.25) is 14.5 Å². The van der Waals surface area contributed by atoms with Crippen LogP contribution in [0.5, 0.6) is 23.0 Å². The molecule has 10 nitrogen and oxygen atoms in total. The van der Waals surface area contributed by atoms with Gasteiger partial charge in [0.15, 0.2) is 11.5 Å². The first-order chi connectivity index (χ1) is 17.5. The topological polar surface area (TPSA) is 107 Å². The summed E-state index contributed by atoms with van der Waals surface area (Å²) in [5, 5.41) is 11.3. The fourth-order valence-electron chi connectivity index (χ4n) is 4.76. The van der Waals surface area contributed by atoms with Crippen LogP contribution in [-0.4, -0.2) is 87.0 Å². The quantitative estimate of drug-likeness (QED) is 0.351. The average Bonchev–Trinajstić information content (AvgIpc) is 3.49. The number of ether oxygens (including phenoxy) is 5. The van der Waals surface area contributed by atoms with E-state index in [1.54, 1.807) is 36.4 Å². The number of hydrogen-bond acceptors (Lipinski definition) is 9. The number of nitrogens with zero attached hydrogens (tertiary/aromatic N) is 2. The van der Waals surface area contributed by atoms with Crippen LogP contribution < -0.4 is 18.9 Å². The van der Waals surface area contributed by atoms with E-state index in [2.05, 4.69) is 4.90 Å². The van der Waals surface area contributed by atoms with Crippen LogP contribution in [0, 0.1) is 0 Å². The molecule has 0 aromatic heterocycles. The van der Waals surface area contributed by atoms with Crippen LogP contribution in [0.25, 0.3) is 5.76 Å². The fourth-order valence-corrected chi connectivity index (χ4v) is 4.76. The highest BCUT2D eigenvalue weighted by Gasteiger charge is 2.46. The van der Waals surface area contributed by atoms with Crippen molar-refractivity contribution in [2.75, 3.05) is 60.4 Å². The summed E-state index contributed by atoms with van der Waals surface area (Å²) >= 11 is 0. The summed E-state index contributed by atoms with van der Waals surface area (Å²) in [7, 11) is 3.02. The van der Waals surface area contributed by atoms with Crippen LogP contribution in [0.3, 0.4) is 0 Å². The van der Waals surface area contributed by atoms with E-state index in [1.807, 2.05) is 0 Å². The highest BCUT2D eigenvalue weighted by molar-refractivity contribution is 6.46. The minimum Gasteiger partial charge on any atom is -0.507 e. The minimum atomic E-state index is -0.847. The zero-order chi connectivity index (χ0) is 25.2. The maximum atomic E-state index is 13.3. The molecule has 1 N–H and O–H groups in total. The summed E-state index contributed by atoms with van der Waals surface area (Å²) in [5.74, 6) is 0.141. The van der Waals surface area contributed by atoms with Gasteiger partial charge in [0.05, 0.1) is 39.0 Å². The lowest BCUT2D eigenvalue weighted by Crippen LogP contribution is -2.42. The predicted octanol–water partition coefficient (Wildman–Crippen LogP) is 2.19. The van der Waals surface area contributed by atoms with E-state index in [0.29, 0.717) is 60.4 Å². The molecule has 10 heteroatoms. The Kier molecular flexibility index (Phi) is 6.71. The number of likely N-dealkylation sites (tertiary alicyclic amines) is 1. The van der Waals surface area contributed by atoms with E-state index in [-0.39, 0.29) is 18.1 Å². The third-order valence-electron chi connectivity index (χ3n) is 6.64. The molecule has 0 spiro atoms. The van der Waals surface area contributed by atoms with Gasteiger partial charge in [0, 0.05) is 31.7 Å². The van der Waals surface area contributed by atoms with Crippen LogP contribution in [0.15, 0.2) is 42.0 Å². The largest absolute Gasteiger partial charge is 0.507 e. The zero-order valence-electron chi connectivity index (χ0n) is 20.2. The summed E-state index contributed by atoms with van der Waals surface area (Å²) in [6, 6.07) is 9.32. The minimum absolute atomic E-state index is 0.00357. The van der Waals surface area contributed by atoms with Crippen LogP contribution in [0.4, 0.5) is 0 Å². The highest BCUT2D eigenvalue weighted by Crippen LogP contribution is 2.47. The summed E-state index contributed by atoms with van der Waals surface area (Å²) in [5.41, 5.74) is 0.941. The van der Waals surface area contributed by atoms with Gasteiger partial charge in [0.2, 0.25) is 12.5 Å². The standard InChI is InChI=1S/C26H28N2O8/c1-32-18-5-3-4-16(12-18)23(29)21-22(17-13-19(33-2)25-20(14-17)35-15-36-25)28(26(31)24(21)30)7-6-27-8-10-34-11-9-27/h3-5,12-14,22,29H,6-11,15H2,1-2H3/b23-21+. The lowest BCUT2D eigenvalue weighted by atomic mass is 9.94. The lowest BCUT2D eigenvalue weighted by Gasteiger charge is -2.31. The number of amides is 1. The van der Waals surface area contributed by atoms with Gasteiger partial charge in [-0.05, 0) is 29.8 Å². The second-order valence-electron chi connectivity index (χ2n) is 8.64. The van der Waals surface area contributed by atoms with Crippen molar-refractivity contribution in [1.82, 2.24) is 9.80 Å². The van der Waals surface area contributed by atoms with E-state index < -0.39 is 17.7 Å². The second-order valence-corrected chi connectivity index (χ2v) is 8.64. The third kappa shape index (κ3) is 4.33. The SMILES string of the molecule is COc1cccc(/C(O)=C2\C(=O)C(=O)N(CCN3CCOCC3)C2c2cc(OC)c3c(c2)OCO3)c1. The first kappa shape index (κ1) is 24.0. The second kappa shape index (κ2) is 10.1.